The number of imidazole rings is 2. The molecule has 0 saturated carbocycles. The standard InChI is InChI=1S/2C17H20N2S2.2HI.Pd/c2*1-10-7-14(12(3)20-10)16-17(19(6)9-18(16)5)15-8-11(2)21-13(15)4;;;/h2*7-8H,1-6H3;2*1H;/q;;;;+2/p-2. The first-order valence-electron chi connectivity index (χ1n) is 14.6. The van der Waals surface area contributed by atoms with Crippen LogP contribution in [-0.4, -0.2) is 18.3 Å². The van der Waals surface area contributed by atoms with E-state index in [0.29, 0.717) is 0 Å². The molecule has 6 heterocycles. The molecule has 4 nitrogen and oxygen atoms in total. The molecule has 0 radical (unpaired) electrons. The molecule has 0 aromatic carbocycles. The molecule has 0 amide bonds. The zero-order valence-corrected chi connectivity index (χ0v) is 36.9. The number of halogens is 2. The normalized spacial score (nSPS) is 12.6. The van der Waals surface area contributed by atoms with Gasteiger partial charge in [-0.2, -0.15) is 0 Å². The number of aromatic nitrogens is 4. The average molecular weight is 993 g/mol. The second kappa shape index (κ2) is 12.3. The number of thiophene rings is 4. The van der Waals surface area contributed by atoms with E-state index >= 15 is 0 Å². The SMILES string of the molecule is Cc1cc(-c2c(-c3cc(C)sc3C)n(C)[c](=[Pd]([I])([I])=[c]3n(C)c(-c4cc(C)sc4C)c(-c4cc(C)sc4C)n3C)n2C)c(C)s1. The van der Waals surface area contributed by atoms with Gasteiger partial charge >= 0.3 is 310 Å². The molecule has 0 aliphatic heterocycles. The molecule has 45 heavy (non-hydrogen) atoms. The van der Waals surface area contributed by atoms with Gasteiger partial charge in [0.15, 0.2) is 0 Å². The van der Waals surface area contributed by atoms with Crippen LogP contribution in [0.25, 0.3) is 45.0 Å². The van der Waals surface area contributed by atoms with Gasteiger partial charge in [-0.05, 0) is 0 Å². The fourth-order valence-corrected chi connectivity index (χ4v) is 24.9. The van der Waals surface area contributed by atoms with Crippen molar-refractivity contribution in [3.05, 3.63) is 71.1 Å². The summed E-state index contributed by atoms with van der Waals surface area (Å²) in [5.41, 5.74) is 10.7. The van der Waals surface area contributed by atoms with Crippen molar-refractivity contribution in [1.82, 2.24) is 18.3 Å². The van der Waals surface area contributed by atoms with E-state index in [2.05, 4.69) is 165 Å². The van der Waals surface area contributed by atoms with Crippen LogP contribution >= 0.6 is 84.4 Å². The fourth-order valence-electron chi connectivity index (χ4n) is 6.72. The second-order valence-corrected chi connectivity index (χ2v) is 40.6. The zero-order chi connectivity index (χ0) is 32.9. The Morgan fingerprint density at radius 2 is 0.622 bits per heavy atom. The van der Waals surface area contributed by atoms with Crippen molar-refractivity contribution in [3.8, 4) is 45.0 Å². The van der Waals surface area contributed by atoms with Gasteiger partial charge in [0.25, 0.3) is 0 Å². The predicted molar refractivity (Wildman–Crippen MR) is 214 cm³/mol. The van der Waals surface area contributed by atoms with E-state index in [1.165, 1.54) is 91.8 Å². The van der Waals surface area contributed by atoms with Gasteiger partial charge in [-0.3, -0.25) is 0 Å². The maximum atomic E-state index is 2.87. The van der Waals surface area contributed by atoms with E-state index < -0.39 is 7.40 Å². The third-order valence-electron chi connectivity index (χ3n) is 8.35. The van der Waals surface area contributed by atoms with E-state index in [-0.39, 0.29) is 0 Å². The summed E-state index contributed by atoms with van der Waals surface area (Å²) in [5.74, 6) is 0. The van der Waals surface area contributed by atoms with E-state index in [0.717, 1.165) is 0 Å². The average Bonchev–Trinajstić information content (AvgIpc) is 3.72. The first-order valence-corrected chi connectivity index (χ1v) is 28.6. The summed E-state index contributed by atoms with van der Waals surface area (Å²) in [5, 5.41) is 0. The molecule has 0 N–H and O–H groups in total. The van der Waals surface area contributed by atoms with Crippen LogP contribution in [0.3, 0.4) is 0 Å². The molecule has 0 bridgehead atoms. The van der Waals surface area contributed by atoms with Gasteiger partial charge in [-0.15, -0.1) is 0 Å². The zero-order valence-electron chi connectivity index (χ0n) is 27.8. The van der Waals surface area contributed by atoms with Gasteiger partial charge in [0.2, 0.25) is 0 Å². The topological polar surface area (TPSA) is 19.7 Å². The van der Waals surface area contributed by atoms with E-state index in [9.17, 15) is 0 Å². The molecule has 6 rings (SSSR count). The number of nitrogens with zero attached hydrogens (tertiary/aromatic N) is 4. The minimum absolute atomic E-state index is 1.33. The second-order valence-electron chi connectivity index (χ2n) is 11.8. The summed E-state index contributed by atoms with van der Waals surface area (Å²) < 4.78 is 13.0. The number of hydrogen-bond donors (Lipinski definition) is 0. The first-order chi connectivity index (χ1) is 21.0. The Morgan fingerprint density at radius 3 is 0.778 bits per heavy atom. The molecule has 0 aliphatic rings. The summed E-state index contributed by atoms with van der Waals surface area (Å²) in [7, 11) is 6.64. The summed E-state index contributed by atoms with van der Waals surface area (Å²) >= 11 is 13.3. The van der Waals surface area contributed by atoms with Gasteiger partial charge in [0.1, 0.15) is 0 Å². The van der Waals surface area contributed by atoms with Crippen LogP contribution in [0.1, 0.15) is 39.0 Å². The monoisotopic (exact) mass is 992 g/mol. The summed E-state index contributed by atoms with van der Waals surface area (Å²) in [6.07, 6.45) is 0. The quantitative estimate of drug-likeness (QED) is 0.124. The van der Waals surface area contributed by atoms with Gasteiger partial charge < -0.3 is 0 Å². The van der Waals surface area contributed by atoms with Crippen molar-refractivity contribution in [3.63, 3.8) is 0 Å². The van der Waals surface area contributed by atoms with Crippen LogP contribution in [0, 0.1) is 63.2 Å². The summed E-state index contributed by atoms with van der Waals surface area (Å²) in [6, 6.07) is 9.57. The van der Waals surface area contributed by atoms with Crippen molar-refractivity contribution in [1.29, 1.82) is 0 Å². The number of rotatable bonds is 4. The molecule has 0 unspecified atom stereocenters. The fraction of sp³-hybridized carbons (Fsp3) is 0.353. The van der Waals surface area contributed by atoms with Crippen molar-refractivity contribution < 1.29 is 7.40 Å². The molecule has 0 fully saturated rings. The Kier molecular flexibility index (Phi) is 9.39. The third kappa shape index (κ3) is 5.57. The van der Waals surface area contributed by atoms with Crippen molar-refractivity contribution in [2.75, 3.05) is 0 Å². The Hall–Kier alpha value is -0.658. The predicted octanol–water partition coefficient (Wildman–Crippen LogP) is 12.0. The van der Waals surface area contributed by atoms with E-state index in [4.69, 9.17) is 0 Å². The van der Waals surface area contributed by atoms with Crippen LogP contribution in [0.2, 0.25) is 0 Å². The molecule has 0 atom stereocenters. The van der Waals surface area contributed by atoms with Gasteiger partial charge in [0.05, 0.1) is 0 Å². The van der Waals surface area contributed by atoms with Crippen LogP contribution in [0.15, 0.2) is 24.3 Å². The third-order valence-corrected chi connectivity index (χ3v) is 23.3. The van der Waals surface area contributed by atoms with Gasteiger partial charge in [0, 0.05) is 0 Å². The minimum atomic E-state index is -2.58. The van der Waals surface area contributed by atoms with Crippen LogP contribution in [-0.2, 0) is 35.6 Å². The molecule has 244 valence electrons. The summed E-state index contributed by atoms with van der Waals surface area (Å²) in [4.78, 5) is 10.9. The molecule has 0 spiro atoms. The van der Waals surface area contributed by atoms with Gasteiger partial charge in [-0.1, -0.05) is 0 Å². The molecule has 11 heteroatoms. The molecule has 0 saturated heterocycles. The van der Waals surface area contributed by atoms with E-state index in [1.807, 2.05) is 45.3 Å². The van der Waals surface area contributed by atoms with Crippen molar-refractivity contribution in [2.45, 2.75) is 55.4 Å². The molecule has 6 aromatic rings. The number of aryl methyl sites for hydroxylation is 8. The van der Waals surface area contributed by atoms with E-state index in [1.54, 1.807) is 0 Å². The Labute approximate surface area is 306 Å². The molecular formula is C34H40I2N4PdS4. The maximum absolute atomic E-state index is 2.87. The Bertz CT molecular complexity index is 2050. The first kappa shape index (κ1) is 34.2. The Morgan fingerprint density at radius 1 is 0.422 bits per heavy atom. The molecule has 0 aliphatic carbocycles. The van der Waals surface area contributed by atoms with Crippen molar-refractivity contribution >= 4 is 84.4 Å². The molecular weight excluding hydrogens is 953 g/mol. The van der Waals surface area contributed by atoms with Crippen LogP contribution < -0.4 is 0 Å². The van der Waals surface area contributed by atoms with Crippen molar-refractivity contribution in [2.24, 2.45) is 28.2 Å². The van der Waals surface area contributed by atoms with Crippen LogP contribution in [0.5, 0.6) is 0 Å². The van der Waals surface area contributed by atoms with Crippen LogP contribution in [0.4, 0.5) is 0 Å². The Balaban J connectivity index is 1.92. The molecule has 6 aromatic heterocycles. The summed E-state index contributed by atoms with van der Waals surface area (Å²) in [6.45, 7) is 18.0. The van der Waals surface area contributed by atoms with Gasteiger partial charge in [-0.25, -0.2) is 0 Å². The number of hydrogen-bond acceptors (Lipinski definition) is 4.